The smallest absolute Gasteiger partial charge is 0.336 e. The van der Waals surface area contributed by atoms with Gasteiger partial charge in [-0.1, -0.05) is 30.3 Å². The zero-order valence-corrected chi connectivity index (χ0v) is 19.5. The van der Waals surface area contributed by atoms with E-state index in [9.17, 15) is 37.1 Å². The first kappa shape index (κ1) is 25.7. The summed E-state index contributed by atoms with van der Waals surface area (Å²) < 4.78 is 54.2. The van der Waals surface area contributed by atoms with Crippen molar-refractivity contribution in [1.29, 1.82) is 0 Å². The highest BCUT2D eigenvalue weighted by Gasteiger charge is 2.21. The molecule has 0 aromatic heterocycles. The molecule has 0 saturated carbocycles. The summed E-state index contributed by atoms with van der Waals surface area (Å²) in [6, 6.07) is 15.8. The molecule has 0 bridgehead atoms. The van der Waals surface area contributed by atoms with Gasteiger partial charge in [0.1, 0.15) is 5.69 Å². The maximum Gasteiger partial charge on any atom is 0.336 e. The van der Waals surface area contributed by atoms with Crippen molar-refractivity contribution in [3.05, 3.63) is 101 Å². The molecule has 0 spiro atoms. The number of carbonyl (C=O) groups is 3. The minimum atomic E-state index is -1.72. The van der Waals surface area contributed by atoms with Crippen LogP contribution in [0.2, 0.25) is 0 Å². The molecular formula is C26H16F4N2O4S. The molecule has 11 heteroatoms. The van der Waals surface area contributed by atoms with Gasteiger partial charge in [0.05, 0.1) is 11.3 Å². The van der Waals surface area contributed by atoms with Crippen LogP contribution in [0.5, 0.6) is 0 Å². The van der Waals surface area contributed by atoms with Crippen LogP contribution in [0.4, 0.5) is 28.9 Å². The molecule has 0 aliphatic rings. The van der Waals surface area contributed by atoms with Crippen LogP contribution in [0, 0.1) is 23.3 Å². The van der Waals surface area contributed by atoms with Crippen LogP contribution in [-0.4, -0.2) is 28.6 Å². The summed E-state index contributed by atoms with van der Waals surface area (Å²) in [4.78, 5) is 37.3. The molecule has 0 heterocycles. The summed E-state index contributed by atoms with van der Waals surface area (Å²) in [5.74, 6) is -9.75. The second kappa shape index (κ2) is 10.7. The van der Waals surface area contributed by atoms with Gasteiger partial charge in [0.25, 0.3) is 5.91 Å². The number of carboxylic acid groups (broad SMARTS) is 1. The lowest BCUT2D eigenvalue weighted by Crippen LogP contribution is -2.17. The van der Waals surface area contributed by atoms with Gasteiger partial charge >= 0.3 is 5.97 Å². The monoisotopic (exact) mass is 528 g/mol. The fraction of sp³-hybridized carbons (Fsp3) is 0.0385. The van der Waals surface area contributed by atoms with E-state index in [1.165, 1.54) is 18.2 Å². The highest BCUT2D eigenvalue weighted by atomic mass is 32.2. The van der Waals surface area contributed by atoms with E-state index < -0.39 is 46.7 Å². The molecule has 4 rings (SSSR count). The number of benzene rings is 4. The Hall–Kier alpha value is -4.38. The number of anilines is 2. The predicted molar refractivity (Wildman–Crippen MR) is 131 cm³/mol. The second-order valence-corrected chi connectivity index (χ2v) is 8.73. The predicted octanol–water partition coefficient (Wildman–Crippen LogP) is 6.08. The first-order valence-electron chi connectivity index (χ1n) is 10.6. The van der Waals surface area contributed by atoms with Crippen LogP contribution in [0.15, 0.2) is 71.6 Å². The Bertz CT molecular complexity index is 1530. The molecule has 0 fully saturated rings. The van der Waals surface area contributed by atoms with Crippen LogP contribution >= 0.6 is 11.8 Å². The van der Waals surface area contributed by atoms with Gasteiger partial charge in [-0.15, -0.1) is 11.8 Å². The lowest BCUT2D eigenvalue weighted by atomic mass is 9.98. The van der Waals surface area contributed by atoms with E-state index in [4.69, 9.17) is 0 Å². The number of carbonyl (C=O) groups excluding carboxylic acids is 2. The van der Waals surface area contributed by atoms with Crippen LogP contribution in [0.25, 0.3) is 10.8 Å². The first-order valence-corrected chi connectivity index (χ1v) is 11.6. The van der Waals surface area contributed by atoms with E-state index in [0.29, 0.717) is 16.0 Å². The molecule has 6 nitrogen and oxygen atoms in total. The number of amides is 2. The van der Waals surface area contributed by atoms with Crippen LogP contribution in [0.1, 0.15) is 20.7 Å². The molecule has 4 aromatic carbocycles. The fourth-order valence-electron chi connectivity index (χ4n) is 3.58. The minimum absolute atomic E-state index is 0.0235. The summed E-state index contributed by atoms with van der Waals surface area (Å²) in [7, 11) is 0. The number of carboxylic acids is 1. The third-order valence-corrected chi connectivity index (χ3v) is 6.21. The quantitative estimate of drug-likeness (QED) is 0.154. The Morgan fingerprint density at radius 3 is 2.05 bits per heavy atom. The van der Waals surface area contributed by atoms with Gasteiger partial charge in [-0.25, -0.2) is 22.4 Å². The topological polar surface area (TPSA) is 95.5 Å². The summed E-state index contributed by atoms with van der Waals surface area (Å²) in [5, 5.41) is 14.9. The third kappa shape index (κ3) is 5.56. The minimum Gasteiger partial charge on any atom is -0.478 e. The van der Waals surface area contributed by atoms with Gasteiger partial charge in [-0.2, -0.15) is 0 Å². The van der Waals surface area contributed by atoms with E-state index in [0.717, 1.165) is 11.8 Å². The van der Waals surface area contributed by atoms with Crippen LogP contribution in [0.3, 0.4) is 0 Å². The van der Waals surface area contributed by atoms with Crippen molar-refractivity contribution in [2.24, 2.45) is 0 Å². The standard InChI is InChI=1S/C26H16F4N2O4S/c27-18-11-19(28)23(30)24(22(18)29)32-20(33)12-37-15-7-3-6-14(10-15)31-25(34)16-8-1-4-13-5-2-9-17(21(13)16)26(35)36/h1-11H,12H2,(H,31,34)(H,32,33)(H,35,36). The highest BCUT2D eigenvalue weighted by Crippen LogP contribution is 2.27. The largest absolute Gasteiger partial charge is 0.478 e. The van der Waals surface area contributed by atoms with Crippen LogP contribution in [-0.2, 0) is 4.79 Å². The molecule has 0 saturated heterocycles. The van der Waals surface area contributed by atoms with E-state index in [1.54, 1.807) is 42.5 Å². The van der Waals surface area contributed by atoms with Crippen molar-refractivity contribution in [2.45, 2.75) is 4.90 Å². The maximum absolute atomic E-state index is 13.8. The molecule has 37 heavy (non-hydrogen) atoms. The highest BCUT2D eigenvalue weighted by molar-refractivity contribution is 8.00. The molecule has 4 aromatic rings. The molecule has 0 aliphatic carbocycles. The van der Waals surface area contributed by atoms with Gasteiger partial charge in [0.15, 0.2) is 23.3 Å². The molecule has 0 atom stereocenters. The lowest BCUT2D eigenvalue weighted by Gasteiger charge is -2.11. The molecular weight excluding hydrogens is 512 g/mol. The number of aromatic carboxylic acids is 1. The second-order valence-electron chi connectivity index (χ2n) is 7.68. The molecule has 188 valence electrons. The normalized spacial score (nSPS) is 10.8. The zero-order chi connectivity index (χ0) is 26.7. The lowest BCUT2D eigenvalue weighted by molar-refractivity contribution is -0.113. The molecule has 0 unspecified atom stereocenters. The Morgan fingerprint density at radius 1 is 0.784 bits per heavy atom. The van der Waals surface area contributed by atoms with E-state index in [1.807, 2.05) is 5.32 Å². The van der Waals surface area contributed by atoms with Gasteiger partial charge in [-0.05, 0) is 35.7 Å². The van der Waals surface area contributed by atoms with Gasteiger partial charge in [0, 0.05) is 27.6 Å². The number of nitrogens with one attached hydrogen (secondary N) is 2. The summed E-state index contributed by atoms with van der Waals surface area (Å²) in [6.45, 7) is 0. The van der Waals surface area contributed by atoms with E-state index in [-0.39, 0.29) is 28.3 Å². The molecule has 0 aliphatic heterocycles. The number of hydrogen-bond donors (Lipinski definition) is 3. The maximum atomic E-state index is 13.8. The fourth-order valence-corrected chi connectivity index (χ4v) is 4.33. The van der Waals surface area contributed by atoms with E-state index in [2.05, 4.69) is 5.32 Å². The summed E-state index contributed by atoms with van der Waals surface area (Å²) in [5.41, 5.74) is -0.756. The van der Waals surface area contributed by atoms with Crippen molar-refractivity contribution < 1.29 is 37.1 Å². The summed E-state index contributed by atoms with van der Waals surface area (Å²) >= 11 is 0.940. The number of rotatable bonds is 7. The van der Waals surface area contributed by atoms with Gasteiger partial charge in [-0.3, -0.25) is 9.59 Å². The SMILES string of the molecule is O=C(CSc1cccc(NC(=O)c2cccc3cccc(C(=O)O)c23)c1)Nc1c(F)c(F)cc(F)c1F. The number of fused-ring (bicyclic) bond motifs is 1. The van der Waals surface area contributed by atoms with Crippen molar-refractivity contribution >= 4 is 51.7 Å². The Kier molecular flexibility index (Phi) is 7.44. The number of hydrogen-bond acceptors (Lipinski definition) is 4. The van der Waals surface area contributed by atoms with Crippen molar-refractivity contribution in [2.75, 3.05) is 16.4 Å². The van der Waals surface area contributed by atoms with Gasteiger partial charge < -0.3 is 15.7 Å². The van der Waals surface area contributed by atoms with Crippen molar-refractivity contribution in [3.8, 4) is 0 Å². The number of thioether (sulfide) groups is 1. The van der Waals surface area contributed by atoms with E-state index >= 15 is 0 Å². The van der Waals surface area contributed by atoms with Crippen molar-refractivity contribution in [3.63, 3.8) is 0 Å². The Labute approximate surface area is 211 Å². The zero-order valence-electron chi connectivity index (χ0n) is 18.7. The summed E-state index contributed by atoms with van der Waals surface area (Å²) in [6.07, 6.45) is 0. The number of halogens is 4. The Balaban J connectivity index is 1.47. The average molecular weight is 528 g/mol. The third-order valence-electron chi connectivity index (χ3n) is 5.22. The molecule has 2 amide bonds. The van der Waals surface area contributed by atoms with Crippen LogP contribution < -0.4 is 10.6 Å². The first-order chi connectivity index (χ1) is 17.7. The molecule has 0 radical (unpaired) electrons. The van der Waals surface area contributed by atoms with Gasteiger partial charge in [0.2, 0.25) is 5.91 Å². The van der Waals surface area contributed by atoms with Crippen molar-refractivity contribution in [1.82, 2.24) is 0 Å². The average Bonchev–Trinajstić information content (AvgIpc) is 2.88. The molecule has 3 N–H and O–H groups in total. The Morgan fingerprint density at radius 2 is 1.41 bits per heavy atom.